The third-order valence-corrected chi connectivity index (χ3v) is 7.57. The number of amides is 1. The van der Waals surface area contributed by atoms with E-state index in [0.717, 1.165) is 11.3 Å². The average Bonchev–Trinajstić information content (AvgIpc) is 2.83. The number of hydrogen-bond acceptors (Lipinski definition) is 4. The van der Waals surface area contributed by atoms with Crippen molar-refractivity contribution in [3.63, 3.8) is 0 Å². The SMILES string of the molecule is CCc1ccc(S(=O)(=O)N2CCCN(C(=O)CC(C)C)CC2)s1. The van der Waals surface area contributed by atoms with Gasteiger partial charge in [0.2, 0.25) is 5.91 Å². The monoisotopic (exact) mass is 358 g/mol. The van der Waals surface area contributed by atoms with Crippen LogP contribution >= 0.6 is 11.3 Å². The summed E-state index contributed by atoms with van der Waals surface area (Å²) in [6.07, 6.45) is 2.06. The van der Waals surface area contributed by atoms with Gasteiger partial charge in [0.1, 0.15) is 4.21 Å². The summed E-state index contributed by atoms with van der Waals surface area (Å²) in [6.45, 7) is 8.05. The van der Waals surface area contributed by atoms with Gasteiger partial charge in [-0.05, 0) is 30.9 Å². The Kier molecular flexibility index (Phi) is 6.22. The molecule has 5 nitrogen and oxygen atoms in total. The fourth-order valence-corrected chi connectivity index (χ4v) is 5.60. The van der Waals surface area contributed by atoms with Crippen molar-refractivity contribution in [1.29, 1.82) is 0 Å². The highest BCUT2D eigenvalue weighted by Crippen LogP contribution is 2.26. The van der Waals surface area contributed by atoms with Gasteiger partial charge in [0, 0.05) is 37.5 Å². The molecule has 0 N–H and O–H groups in total. The van der Waals surface area contributed by atoms with Crippen molar-refractivity contribution in [2.24, 2.45) is 5.92 Å². The van der Waals surface area contributed by atoms with Crippen LogP contribution in [0.1, 0.15) is 38.5 Å². The Morgan fingerprint density at radius 1 is 1.22 bits per heavy atom. The van der Waals surface area contributed by atoms with E-state index in [0.29, 0.717) is 49.1 Å². The predicted octanol–water partition coefficient (Wildman–Crippen LogP) is 2.58. The van der Waals surface area contributed by atoms with Crippen molar-refractivity contribution in [3.05, 3.63) is 17.0 Å². The maximum Gasteiger partial charge on any atom is 0.252 e. The molecule has 0 aromatic carbocycles. The molecule has 0 bridgehead atoms. The van der Waals surface area contributed by atoms with E-state index in [9.17, 15) is 13.2 Å². The maximum absolute atomic E-state index is 12.8. The Morgan fingerprint density at radius 2 is 1.96 bits per heavy atom. The van der Waals surface area contributed by atoms with Crippen LogP contribution in [0.2, 0.25) is 0 Å². The molecule has 2 rings (SSSR count). The Bertz CT molecular complexity index is 638. The quantitative estimate of drug-likeness (QED) is 0.813. The molecule has 2 heterocycles. The van der Waals surface area contributed by atoms with E-state index in [4.69, 9.17) is 0 Å². The number of thiophene rings is 1. The first kappa shape index (κ1) is 18.4. The van der Waals surface area contributed by atoms with Gasteiger partial charge < -0.3 is 4.90 Å². The lowest BCUT2D eigenvalue weighted by Gasteiger charge is -2.22. The molecule has 130 valence electrons. The van der Waals surface area contributed by atoms with Crippen LogP contribution in [-0.4, -0.2) is 49.7 Å². The molecule has 1 amide bonds. The molecule has 0 atom stereocenters. The summed E-state index contributed by atoms with van der Waals surface area (Å²) in [5, 5.41) is 0. The molecular formula is C16H26N2O3S2. The summed E-state index contributed by atoms with van der Waals surface area (Å²) in [5.41, 5.74) is 0. The molecule has 1 aliphatic heterocycles. The van der Waals surface area contributed by atoms with E-state index in [1.165, 1.54) is 15.6 Å². The van der Waals surface area contributed by atoms with Crippen molar-refractivity contribution in [1.82, 2.24) is 9.21 Å². The molecule has 1 aromatic heterocycles. The van der Waals surface area contributed by atoms with Gasteiger partial charge in [-0.2, -0.15) is 4.31 Å². The maximum atomic E-state index is 12.8. The van der Waals surface area contributed by atoms with Crippen LogP contribution in [0.3, 0.4) is 0 Å². The molecule has 0 aliphatic carbocycles. The third-order valence-electron chi connectivity index (χ3n) is 3.97. The normalized spacial score (nSPS) is 17.5. The molecule has 1 saturated heterocycles. The zero-order chi connectivity index (χ0) is 17.0. The number of nitrogens with zero attached hydrogens (tertiary/aromatic N) is 2. The summed E-state index contributed by atoms with van der Waals surface area (Å²) < 4.78 is 27.5. The van der Waals surface area contributed by atoms with Gasteiger partial charge in [-0.25, -0.2) is 8.42 Å². The van der Waals surface area contributed by atoms with E-state index < -0.39 is 10.0 Å². The topological polar surface area (TPSA) is 57.7 Å². The van der Waals surface area contributed by atoms with Crippen LogP contribution in [0, 0.1) is 5.92 Å². The number of rotatable bonds is 5. The van der Waals surface area contributed by atoms with E-state index in [-0.39, 0.29) is 5.91 Å². The molecule has 1 aromatic rings. The van der Waals surface area contributed by atoms with Gasteiger partial charge in [-0.1, -0.05) is 20.8 Å². The predicted molar refractivity (Wildman–Crippen MR) is 93.1 cm³/mol. The second kappa shape index (κ2) is 7.77. The summed E-state index contributed by atoms with van der Waals surface area (Å²) in [4.78, 5) is 15.1. The number of hydrogen-bond donors (Lipinski definition) is 0. The Balaban J connectivity index is 2.06. The molecule has 1 fully saturated rings. The largest absolute Gasteiger partial charge is 0.341 e. The Morgan fingerprint density at radius 3 is 2.57 bits per heavy atom. The number of sulfonamides is 1. The number of carbonyl (C=O) groups is 1. The Labute approximate surface area is 143 Å². The van der Waals surface area contributed by atoms with Crippen molar-refractivity contribution in [3.8, 4) is 0 Å². The zero-order valence-electron chi connectivity index (χ0n) is 14.1. The molecule has 7 heteroatoms. The fraction of sp³-hybridized carbons (Fsp3) is 0.688. The van der Waals surface area contributed by atoms with Crippen LogP contribution in [0.5, 0.6) is 0 Å². The van der Waals surface area contributed by atoms with Gasteiger partial charge in [0.25, 0.3) is 10.0 Å². The first-order valence-electron chi connectivity index (χ1n) is 8.21. The molecule has 0 spiro atoms. The van der Waals surface area contributed by atoms with Crippen molar-refractivity contribution >= 4 is 27.3 Å². The zero-order valence-corrected chi connectivity index (χ0v) is 15.8. The van der Waals surface area contributed by atoms with Crippen LogP contribution in [-0.2, 0) is 21.2 Å². The lowest BCUT2D eigenvalue weighted by Crippen LogP contribution is -2.37. The summed E-state index contributed by atoms with van der Waals surface area (Å²) >= 11 is 1.35. The summed E-state index contributed by atoms with van der Waals surface area (Å²) in [6, 6.07) is 3.58. The smallest absolute Gasteiger partial charge is 0.252 e. The first-order valence-corrected chi connectivity index (χ1v) is 10.5. The van der Waals surface area contributed by atoms with Gasteiger partial charge >= 0.3 is 0 Å². The minimum absolute atomic E-state index is 0.128. The summed E-state index contributed by atoms with van der Waals surface area (Å²) in [7, 11) is -3.43. The lowest BCUT2D eigenvalue weighted by atomic mass is 10.1. The molecule has 1 aliphatic rings. The highest BCUT2D eigenvalue weighted by atomic mass is 32.2. The number of aryl methyl sites for hydroxylation is 1. The van der Waals surface area contributed by atoms with Gasteiger partial charge in [-0.3, -0.25) is 4.79 Å². The molecule has 0 saturated carbocycles. The minimum atomic E-state index is -3.43. The number of carbonyl (C=O) groups excluding carboxylic acids is 1. The second-order valence-electron chi connectivity index (χ2n) is 6.31. The first-order chi connectivity index (χ1) is 10.8. The fourth-order valence-electron chi connectivity index (χ4n) is 2.68. The highest BCUT2D eigenvalue weighted by molar-refractivity contribution is 7.91. The van der Waals surface area contributed by atoms with E-state index >= 15 is 0 Å². The van der Waals surface area contributed by atoms with Gasteiger partial charge in [0.05, 0.1) is 0 Å². The van der Waals surface area contributed by atoms with Crippen molar-refractivity contribution in [2.75, 3.05) is 26.2 Å². The molecule has 23 heavy (non-hydrogen) atoms. The lowest BCUT2D eigenvalue weighted by molar-refractivity contribution is -0.131. The van der Waals surface area contributed by atoms with Crippen LogP contribution in [0.15, 0.2) is 16.3 Å². The standard InChI is InChI=1S/C16H26N2O3S2/c1-4-14-6-7-16(22-14)23(20,21)18-9-5-8-17(10-11-18)15(19)12-13(2)3/h6-7,13H,4-5,8-12H2,1-3H3. The average molecular weight is 359 g/mol. The second-order valence-corrected chi connectivity index (χ2v) is 9.64. The van der Waals surface area contributed by atoms with E-state index in [1.54, 1.807) is 11.0 Å². The van der Waals surface area contributed by atoms with Crippen LogP contribution in [0.25, 0.3) is 0 Å². The van der Waals surface area contributed by atoms with Crippen molar-refractivity contribution in [2.45, 2.75) is 44.2 Å². The van der Waals surface area contributed by atoms with Crippen molar-refractivity contribution < 1.29 is 13.2 Å². The van der Waals surface area contributed by atoms with Gasteiger partial charge in [-0.15, -0.1) is 11.3 Å². The summed E-state index contributed by atoms with van der Waals surface area (Å²) in [5.74, 6) is 0.452. The van der Waals surface area contributed by atoms with E-state index in [2.05, 4.69) is 0 Å². The van der Waals surface area contributed by atoms with Crippen LogP contribution in [0.4, 0.5) is 0 Å². The van der Waals surface area contributed by atoms with Crippen LogP contribution < -0.4 is 0 Å². The molecule has 0 unspecified atom stereocenters. The minimum Gasteiger partial charge on any atom is -0.341 e. The Hall–Kier alpha value is -0.920. The van der Waals surface area contributed by atoms with E-state index in [1.807, 2.05) is 26.8 Å². The highest BCUT2D eigenvalue weighted by Gasteiger charge is 2.29. The third kappa shape index (κ3) is 4.55. The molecule has 0 radical (unpaired) electrons. The molecular weight excluding hydrogens is 332 g/mol. The van der Waals surface area contributed by atoms with Gasteiger partial charge in [0.15, 0.2) is 0 Å².